The Balaban J connectivity index is 1.07. The topological polar surface area (TPSA) is 62.1 Å². The number of piperidine rings is 1. The zero-order valence-corrected chi connectivity index (χ0v) is 19.7. The average Bonchev–Trinajstić information content (AvgIpc) is 3.75. The minimum absolute atomic E-state index is 0.211. The molecular formula is C27H31ClN2O3. The van der Waals surface area contributed by atoms with Gasteiger partial charge in [-0.2, -0.15) is 0 Å². The SMILES string of the molecule is O=C(O)c1ccc(C2=NOC3(CCN(CC4=CC(C5CC5)=C(Cl)C(C5CC5)C4)CC3)C2)cc1. The van der Waals surface area contributed by atoms with Crippen LogP contribution in [0.15, 0.2) is 51.7 Å². The van der Waals surface area contributed by atoms with E-state index in [1.54, 1.807) is 17.7 Å². The van der Waals surface area contributed by atoms with Crippen molar-refractivity contribution in [1.82, 2.24) is 4.90 Å². The Hall–Kier alpha value is -2.11. The second kappa shape index (κ2) is 8.28. The lowest BCUT2D eigenvalue weighted by molar-refractivity contribution is -0.0602. The van der Waals surface area contributed by atoms with Crippen LogP contribution in [0.4, 0.5) is 0 Å². The van der Waals surface area contributed by atoms with Crippen molar-refractivity contribution in [2.75, 3.05) is 19.6 Å². The molecule has 2 heterocycles. The lowest BCUT2D eigenvalue weighted by Gasteiger charge is -2.38. The number of hydrogen-bond donors (Lipinski definition) is 1. The highest BCUT2D eigenvalue weighted by Crippen LogP contribution is 2.52. The number of carbonyl (C=O) groups is 1. The van der Waals surface area contributed by atoms with Crippen LogP contribution in [0.3, 0.4) is 0 Å². The molecule has 5 aliphatic rings. The average molecular weight is 467 g/mol. The molecule has 6 rings (SSSR count). The second-order valence-corrected chi connectivity index (χ2v) is 11.1. The Bertz CT molecular complexity index is 1040. The molecule has 174 valence electrons. The summed E-state index contributed by atoms with van der Waals surface area (Å²) >= 11 is 6.86. The second-order valence-electron chi connectivity index (χ2n) is 10.7. The van der Waals surface area contributed by atoms with Crippen LogP contribution >= 0.6 is 11.6 Å². The number of oxime groups is 1. The van der Waals surface area contributed by atoms with E-state index in [0.717, 1.165) is 62.5 Å². The molecule has 0 bridgehead atoms. The van der Waals surface area contributed by atoms with E-state index >= 15 is 0 Å². The van der Waals surface area contributed by atoms with E-state index in [4.69, 9.17) is 21.5 Å². The summed E-state index contributed by atoms with van der Waals surface area (Å²) in [5.74, 6) is 1.19. The van der Waals surface area contributed by atoms with Gasteiger partial charge in [0.15, 0.2) is 0 Å². The molecule has 3 aliphatic carbocycles. The minimum atomic E-state index is -0.909. The van der Waals surface area contributed by atoms with Gasteiger partial charge in [-0.3, -0.25) is 4.90 Å². The number of carboxylic acid groups (broad SMARTS) is 1. The molecule has 2 saturated carbocycles. The lowest BCUT2D eigenvalue weighted by Crippen LogP contribution is -2.45. The van der Waals surface area contributed by atoms with Crippen LogP contribution in [0.25, 0.3) is 0 Å². The monoisotopic (exact) mass is 466 g/mol. The molecule has 1 aromatic carbocycles. The number of allylic oxidation sites excluding steroid dienone is 3. The van der Waals surface area contributed by atoms with Gasteiger partial charge in [-0.1, -0.05) is 40.5 Å². The van der Waals surface area contributed by atoms with E-state index in [1.165, 1.54) is 36.3 Å². The fraction of sp³-hybridized carbons (Fsp3) is 0.556. The molecule has 3 fully saturated rings. The van der Waals surface area contributed by atoms with Gasteiger partial charge >= 0.3 is 5.97 Å². The molecule has 5 nitrogen and oxygen atoms in total. The summed E-state index contributed by atoms with van der Waals surface area (Å²) in [5.41, 5.74) is 4.98. The van der Waals surface area contributed by atoms with Crippen LogP contribution in [0, 0.1) is 17.8 Å². The molecule has 0 aromatic heterocycles. The van der Waals surface area contributed by atoms with Crippen LogP contribution < -0.4 is 0 Å². The Morgan fingerprint density at radius 3 is 2.52 bits per heavy atom. The summed E-state index contributed by atoms with van der Waals surface area (Å²) in [6.45, 7) is 3.08. The third kappa shape index (κ3) is 4.38. The molecule has 1 N–H and O–H groups in total. The van der Waals surface area contributed by atoms with Crippen molar-refractivity contribution in [1.29, 1.82) is 0 Å². The fourth-order valence-corrected chi connectivity index (χ4v) is 6.24. The maximum absolute atomic E-state index is 11.1. The lowest BCUT2D eigenvalue weighted by atomic mass is 9.83. The Morgan fingerprint density at radius 1 is 1.15 bits per heavy atom. The van der Waals surface area contributed by atoms with Gasteiger partial charge in [0, 0.05) is 49.8 Å². The maximum Gasteiger partial charge on any atom is 0.335 e. The van der Waals surface area contributed by atoms with Crippen molar-refractivity contribution in [3.63, 3.8) is 0 Å². The molecule has 33 heavy (non-hydrogen) atoms. The normalized spacial score (nSPS) is 27.4. The number of aromatic carboxylic acids is 1. The van der Waals surface area contributed by atoms with Crippen LogP contribution in [0.2, 0.25) is 0 Å². The van der Waals surface area contributed by atoms with E-state index in [-0.39, 0.29) is 5.60 Å². The summed E-state index contributed by atoms with van der Waals surface area (Å²) in [5, 5.41) is 14.7. The number of halogens is 1. The minimum Gasteiger partial charge on any atom is -0.478 e. The molecule has 1 aromatic rings. The number of carboxylic acids is 1. The first-order chi connectivity index (χ1) is 16.0. The van der Waals surface area contributed by atoms with Gasteiger partial charge in [0.05, 0.1) is 11.3 Å². The number of nitrogens with zero attached hydrogens (tertiary/aromatic N) is 2. The first-order valence-corrected chi connectivity index (χ1v) is 12.8. The van der Waals surface area contributed by atoms with Gasteiger partial charge < -0.3 is 9.94 Å². The van der Waals surface area contributed by atoms with Crippen molar-refractivity contribution in [3.05, 3.63) is 57.6 Å². The third-order valence-corrected chi connectivity index (χ3v) is 8.65. The van der Waals surface area contributed by atoms with Crippen LogP contribution in [-0.4, -0.2) is 46.9 Å². The van der Waals surface area contributed by atoms with Gasteiger partial charge in [0.1, 0.15) is 5.60 Å². The van der Waals surface area contributed by atoms with Gasteiger partial charge in [0.25, 0.3) is 0 Å². The molecule has 1 saturated heterocycles. The molecular weight excluding hydrogens is 436 g/mol. The van der Waals surface area contributed by atoms with Gasteiger partial charge in [-0.25, -0.2) is 4.79 Å². The van der Waals surface area contributed by atoms with E-state index in [1.807, 2.05) is 12.1 Å². The molecule has 1 atom stereocenters. The number of benzene rings is 1. The number of likely N-dealkylation sites (tertiary alicyclic amines) is 1. The van der Waals surface area contributed by atoms with E-state index in [9.17, 15) is 4.79 Å². The zero-order chi connectivity index (χ0) is 22.6. The third-order valence-electron chi connectivity index (χ3n) is 8.15. The smallest absolute Gasteiger partial charge is 0.335 e. The maximum atomic E-state index is 11.1. The largest absolute Gasteiger partial charge is 0.478 e. The highest BCUT2D eigenvalue weighted by Gasteiger charge is 2.43. The van der Waals surface area contributed by atoms with Crippen molar-refractivity contribution >= 4 is 23.3 Å². The van der Waals surface area contributed by atoms with Crippen LogP contribution in [0.5, 0.6) is 0 Å². The molecule has 6 heteroatoms. The zero-order valence-electron chi connectivity index (χ0n) is 18.9. The first-order valence-electron chi connectivity index (χ1n) is 12.4. The summed E-state index contributed by atoms with van der Waals surface area (Å²) in [4.78, 5) is 19.7. The van der Waals surface area contributed by atoms with Crippen molar-refractivity contribution in [2.24, 2.45) is 22.9 Å². The molecule has 0 amide bonds. The predicted molar refractivity (Wildman–Crippen MR) is 129 cm³/mol. The highest BCUT2D eigenvalue weighted by molar-refractivity contribution is 6.30. The molecule has 2 aliphatic heterocycles. The summed E-state index contributed by atoms with van der Waals surface area (Å²) < 4.78 is 0. The van der Waals surface area contributed by atoms with Gasteiger partial charge in [-0.05, 0) is 67.2 Å². The van der Waals surface area contributed by atoms with Crippen molar-refractivity contribution < 1.29 is 14.7 Å². The standard InChI is InChI=1S/C27H31ClN2O3/c28-25-22(18-1-2-18)13-17(14-23(25)19-3-4-19)16-30-11-9-27(10-12-30)15-24(29-33-27)20-5-7-21(8-6-20)26(31)32/h5-8,13,18-19,23H,1-4,9-12,14-16H2,(H,31,32). The fourth-order valence-electron chi connectivity index (χ4n) is 5.78. The van der Waals surface area contributed by atoms with Gasteiger partial charge in [-0.15, -0.1) is 0 Å². The van der Waals surface area contributed by atoms with Crippen LogP contribution in [0.1, 0.15) is 67.3 Å². The van der Waals surface area contributed by atoms with E-state index in [2.05, 4.69) is 16.1 Å². The predicted octanol–water partition coefficient (Wildman–Crippen LogP) is 5.60. The number of rotatable bonds is 6. The number of hydrogen-bond acceptors (Lipinski definition) is 4. The van der Waals surface area contributed by atoms with E-state index < -0.39 is 5.97 Å². The van der Waals surface area contributed by atoms with Crippen molar-refractivity contribution in [3.8, 4) is 0 Å². The summed E-state index contributed by atoms with van der Waals surface area (Å²) in [6.07, 6.45) is 11.6. The van der Waals surface area contributed by atoms with Crippen LogP contribution in [-0.2, 0) is 4.84 Å². The Kier molecular flexibility index (Phi) is 5.38. The Labute approximate surface area is 200 Å². The molecule has 1 spiro atoms. The summed E-state index contributed by atoms with van der Waals surface area (Å²) in [7, 11) is 0. The first kappa shape index (κ1) is 21.4. The quantitative estimate of drug-likeness (QED) is 0.592. The van der Waals surface area contributed by atoms with Gasteiger partial charge in [0.2, 0.25) is 0 Å². The van der Waals surface area contributed by atoms with E-state index in [0.29, 0.717) is 17.4 Å². The Morgan fingerprint density at radius 2 is 1.88 bits per heavy atom. The summed E-state index contributed by atoms with van der Waals surface area (Å²) in [6, 6.07) is 6.94. The van der Waals surface area contributed by atoms with Crippen molar-refractivity contribution in [2.45, 2.75) is 57.0 Å². The molecule has 1 unspecified atom stereocenters. The molecule has 0 radical (unpaired) electrons. The highest BCUT2D eigenvalue weighted by atomic mass is 35.5.